The normalized spacial score (nSPS) is 10.9. The topological polar surface area (TPSA) is 78.9 Å². The van der Waals surface area contributed by atoms with E-state index in [4.69, 9.17) is 14.2 Å². The van der Waals surface area contributed by atoms with Gasteiger partial charge in [-0.15, -0.1) is 0 Å². The Balaban J connectivity index is 1.55. The Hall–Kier alpha value is -4.14. The lowest BCUT2D eigenvalue weighted by atomic mass is 10.2. The third kappa shape index (κ3) is 7.47. The molecular formula is C25H24F2N2O5. The molecule has 0 saturated carbocycles. The number of alkyl halides is 2. The summed E-state index contributed by atoms with van der Waals surface area (Å²) in [6.07, 6.45) is 4.47. The molecule has 0 radical (unpaired) electrons. The molecule has 0 spiro atoms. The molecule has 2 aromatic carbocycles. The van der Waals surface area contributed by atoms with Crippen LogP contribution in [0.5, 0.6) is 28.9 Å². The zero-order valence-electron chi connectivity index (χ0n) is 18.7. The number of amides is 1. The summed E-state index contributed by atoms with van der Waals surface area (Å²) in [5, 5.41) is 2.77. The average Bonchev–Trinajstić information content (AvgIpc) is 2.83. The molecule has 0 aliphatic heterocycles. The predicted molar refractivity (Wildman–Crippen MR) is 122 cm³/mol. The minimum Gasteiger partial charge on any atom is -0.494 e. The molecule has 0 aliphatic rings. The van der Waals surface area contributed by atoms with E-state index in [-0.39, 0.29) is 24.0 Å². The summed E-state index contributed by atoms with van der Waals surface area (Å²) in [6.45, 7) is -0.199. The first-order valence-electron chi connectivity index (χ1n) is 10.4. The minimum atomic E-state index is -2.96. The van der Waals surface area contributed by atoms with Gasteiger partial charge in [0, 0.05) is 24.9 Å². The molecule has 1 N–H and O–H groups in total. The molecule has 7 nitrogen and oxygen atoms in total. The first-order valence-corrected chi connectivity index (χ1v) is 10.4. The SMILES string of the molecule is CCOc1ccc(Oc2cc(CNC(=O)C=Cc3ccc(OC(F)F)c(OC)c3)ccn2)cc1. The molecule has 178 valence electrons. The molecule has 0 atom stereocenters. The van der Waals surface area contributed by atoms with E-state index < -0.39 is 6.61 Å². The molecule has 34 heavy (non-hydrogen) atoms. The molecule has 0 bridgehead atoms. The van der Waals surface area contributed by atoms with Gasteiger partial charge >= 0.3 is 6.61 Å². The van der Waals surface area contributed by atoms with Crippen LogP contribution in [0.25, 0.3) is 6.08 Å². The number of methoxy groups -OCH3 is 1. The van der Waals surface area contributed by atoms with Gasteiger partial charge in [0.1, 0.15) is 11.5 Å². The van der Waals surface area contributed by atoms with Gasteiger partial charge in [-0.1, -0.05) is 6.07 Å². The number of hydrogen-bond acceptors (Lipinski definition) is 6. The van der Waals surface area contributed by atoms with Crippen LogP contribution in [0.1, 0.15) is 18.1 Å². The van der Waals surface area contributed by atoms with Gasteiger partial charge in [0.05, 0.1) is 13.7 Å². The van der Waals surface area contributed by atoms with Crippen molar-refractivity contribution in [2.24, 2.45) is 0 Å². The summed E-state index contributed by atoms with van der Waals surface area (Å²) < 4.78 is 45.5. The van der Waals surface area contributed by atoms with E-state index in [0.717, 1.165) is 11.3 Å². The number of halogens is 2. The number of aromatic nitrogens is 1. The fourth-order valence-electron chi connectivity index (χ4n) is 2.91. The third-order valence-corrected chi connectivity index (χ3v) is 4.45. The molecule has 0 aliphatic carbocycles. The number of ether oxygens (including phenoxy) is 4. The second-order valence-corrected chi connectivity index (χ2v) is 6.85. The molecule has 3 aromatic rings. The van der Waals surface area contributed by atoms with E-state index in [0.29, 0.717) is 23.8 Å². The fourth-order valence-corrected chi connectivity index (χ4v) is 2.91. The highest BCUT2D eigenvalue weighted by Crippen LogP contribution is 2.30. The molecule has 1 amide bonds. The summed E-state index contributed by atoms with van der Waals surface area (Å²) in [6, 6.07) is 15.1. The van der Waals surface area contributed by atoms with Gasteiger partial charge in [0.15, 0.2) is 11.5 Å². The fraction of sp³-hybridized carbons (Fsp3) is 0.200. The smallest absolute Gasteiger partial charge is 0.387 e. The summed E-state index contributed by atoms with van der Waals surface area (Å²) in [5.41, 5.74) is 1.39. The number of carbonyl (C=O) groups is 1. The first kappa shape index (κ1) is 24.5. The Bertz CT molecular complexity index is 1120. The number of rotatable bonds is 11. The standard InChI is InChI=1S/C25H24F2N2O5/c1-3-32-19-6-8-20(9-7-19)33-24-15-18(12-13-28-24)16-29-23(30)11-5-17-4-10-21(34-25(26)27)22(14-17)31-2/h4-15,25H,3,16H2,1-2H3,(H,29,30). The van der Waals surface area contributed by atoms with E-state index in [9.17, 15) is 13.6 Å². The maximum Gasteiger partial charge on any atom is 0.387 e. The Labute approximate surface area is 195 Å². The van der Waals surface area contributed by atoms with Crippen molar-refractivity contribution in [1.29, 1.82) is 0 Å². The van der Waals surface area contributed by atoms with Crippen molar-refractivity contribution in [2.45, 2.75) is 20.1 Å². The zero-order valence-corrected chi connectivity index (χ0v) is 18.7. The lowest BCUT2D eigenvalue weighted by Gasteiger charge is -2.10. The average molecular weight is 470 g/mol. The molecule has 0 saturated heterocycles. The van der Waals surface area contributed by atoms with Crippen LogP contribution >= 0.6 is 0 Å². The number of benzene rings is 2. The van der Waals surface area contributed by atoms with Gasteiger partial charge in [-0.3, -0.25) is 4.79 Å². The van der Waals surface area contributed by atoms with E-state index in [2.05, 4.69) is 15.0 Å². The Morgan fingerprint density at radius 2 is 1.82 bits per heavy atom. The van der Waals surface area contributed by atoms with E-state index in [1.54, 1.807) is 30.5 Å². The molecule has 0 unspecified atom stereocenters. The summed E-state index contributed by atoms with van der Waals surface area (Å²) in [7, 11) is 1.34. The number of nitrogens with one attached hydrogen (secondary N) is 1. The number of hydrogen-bond donors (Lipinski definition) is 1. The Morgan fingerprint density at radius 1 is 1.06 bits per heavy atom. The van der Waals surface area contributed by atoms with Crippen LogP contribution < -0.4 is 24.3 Å². The van der Waals surface area contributed by atoms with Gasteiger partial charge < -0.3 is 24.3 Å². The molecular weight excluding hydrogens is 446 g/mol. The number of pyridine rings is 1. The van der Waals surface area contributed by atoms with Crippen molar-refractivity contribution >= 4 is 12.0 Å². The summed E-state index contributed by atoms with van der Waals surface area (Å²) in [5.74, 6) is 1.48. The highest BCUT2D eigenvalue weighted by Gasteiger charge is 2.10. The maximum atomic E-state index is 12.4. The van der Waals surface area contributed by atoms with Crippen molar-refractivity contribution in [2.75, 3.05) is 13.7 Å². The summed E-state index contributed by atoms with van der Waals surface area (Å²) >= 11 is 0. The highest BCUT2D eigenvalue weighted by molar-refractivity contribution is 5.91. The van der Waals surface area contributed by atoms with E-state index in [1.165, 1.54) is 37.5 Å². The second-order valence-electron chi connectivity index (χ2n) is 6.85. The molecule has 1 aromatic heterocycles. The monoisotopic (exact) mass is 470 g/mol. The van der Waals surface area contributed by atoms with Crippen LogP contribution in [-0.2, 0) is 11.3 Å². The van der Waals surface area contributed by atoms with Gasteiger partial charge in [-0.2, -0.15) is 8.78 Å². The van der Waals surface area contributed by atoms with Gasteiger partial charge in [0.2, 0.25) is 11.8 Å². The van der Waals surface area contributed by atoms with Gasteiger partial charge in [0.25, 0.3) is 0 Å². The van der Waals surface area contributed by atoms with Crippen LogP contribution in [0.15, 0.2) is 66.9 Å². The number of carbonyl (C=O) groups excluding carboxylic acids is 1. The van der Waals surface area contributed by atoms with E-state index >= 15 is 0 Å². The number of nitrogens with zero attached hydrogens (tertiary/aromatic N) is 1. The minimum absolute atomic E-state index is 0.0833. The lowest BCUT2D eigenvalue weighted by Crippen LogP contribution is -2.20. The first-order chi connectivity index (χ1) is 16.5. The highest BCUT2D eigenvalue weighted by atomic mass is 19.3. The second kappa shape index (κ2) is 12.2. The molecule has 9 heteroatoms. The molecule has 1 heterocycles. The quantitative estimate of drug-likeness (QED) is 0.388. The van der Waals surface area contributed by atoms with Crippen molar-refractivity contribution in [1.82, 2.24) is 10.3 Å². The Morgan fingerprint density at radius 3 is 2.53 bits per heavy atom. The maximum absolute atomic E-state index is 12.4. The van der Waals surface area contributed by atoms with E-state index in [1.807, 2.05) is 19.1 Å². The molecule has 3 rings (SSSR count). The van der Waals surface area contributed by atoms with Crippen molar-refractivity contribution in [3.05, 3.63) is 78.0 Å². The predicted octanol–water partition coefficient (Wildman–Crippen LogP) is 5.21. The third-order valence-electron chi connectivity index (χ3n) is 4.45. The van der Waals surface area contributed by atoms with Crippen molar-refractivity contribution in [3.63, 3.8) is 0 Å². The van der Waals surface area contributed by atoms with Crippen molar-refractivity contribution < 1.29 is 32.5 Å². The largest absolute Gasteiger partial charge is 0.494 e. The lowest BCUT2D eigenvalue weighted by molar-refractivity contribution is -0.116. The van der Waals surface area contributed by atoms with Crippen LogP contribution in [0.3, 0.4) is 0 Å². The van der Waals surface area contributed by atoms with Crippen LogP contribution in [0.4, 0.5) is 8.78 Å². The van der Waals surface area contributed by atoms with Crippen LogP contribution in [0.2, 0.25) is 0 Å². The van der Waals surface area contributed by atoms with Gasteiger partial charge in [-0.05, 0) is 66.6 Å². The molecule has 0 fully saturated rings. The summed E-state index contributed by atoms with van der Waals surface area (Å²) in [4.78, 5) is 16.4. The zero-order chi connectivity index (χ0) is 24.3. The van der Waals surface area contributed by atoms with Crippen molar-refractivity contribution in [3.8, 4) is 28.9 Å². The van der Waals surface area contributed by atoms with Gasteiger partial charge in [-0.25, -0.2) is 4.98 Å². The Kier molecular flexibility index (Phi) is 8.79. The van der Waals surface area contributed by atoms with Crippen LogP contribution in [-0.4, -0.2) is 31.2 Å². The van der Waals surface area contributed by atoms with Crippen LogP contribution in [0, 0.1) is 0 Å².